The van der Waals surface area contributed by atoms with Crippen LogP contribution < -0.4 is 21.9 Å². The number of hydrogen-bond donors (Lipinski definition) is 1. The Morgan fingerprint density at radius 2 is 0.733 bits per heavy atom. The molecule has 1 N–H and O–H groups in total. The van der Waals surface area contributed by atoms with Crippen molar-refractivity contribution in [2.45, 2.75) is 169 Å². The highest BCUT2D eigenvalue weighted by atomic mass is 79.9. The van der Waals surface area contributed by atoms with Crippen LogP contribution in [0.25, 0.3) is 0 Å². The Bertz CT molecular complexity index is 300. The maximum atomic E-state index is 2.56. The second-order valence-electron chi connectivity index (χ2n) is 10.4. The fourth-order valence-corrected chi connectivity index (χ4v) is 4.74. The molecule has 0 heterocycles. The van der Waals surface area contributed by atoms with Crippen LogP contribution in [0.15, 0.2) is 0 Å². The monoisotopic (exact) mass is 489 g/mol. The lowest BCUT2D eigenvalue weighted by atomic mass is 9.93. The Morgan fingerprint density at radius 1 is 0.433 bits per heavy atom. The summed E-state index contributed by atoms with van der Waals surface area (Å²) in [7, 11) is 0. The smallest absolute Gasteiger partial charge is 0.0920 e. The van der Waals surface area contributed by atoms with Gasteiger partial charge in [0.2, 0.25) is 0 Å². The maximum Gasteiger partial charge on any atom is 0.0920 e. The molecule has 0 spiro atoms. The first-order valence-electron chi connectivity index (χ1n) is 13.9. The van der Waals surface area contributed by atoms with Crippen molar-refractivity contribution >= 4 is 0 Å². The van der Waals surface area contributed by atoms with Crippen molar-refractivity contribution < 1.29 is 21.9 Å². The molecule has 0 aromatic rings. The average Bonchev–Trinajstić information content (AvgIpc) is 2.70. The lowest BCUT2D eigenvalue weighted by Crippen LogP contribution is -3.19. The summed E-state index contributed by atoms with van der Waals surface area (Å²) in [4.78, 5) is 1.91. The second-order valence-corrected chi connectivity index (χ2v) is 10.4. The molecule has 0 amide bonds. The van der Waals surface area contributed by atoms with Crippen LogP contribution in [0.1, 0.15) is 163 Å². The first kappa shape index (κ1) is 32.6. The third-order valence-electron chi connectivity index (χ3n) is 7.03. The second kappa shape index (κ2) is 24.1. The van der Waals surface area contributed by atoms with Gasteiger partial charge in [0.05, 0.1) is 18.6 Å². The first-order chi connectivity index (χ1) is 14.1. The van der Waals surface area contributed by atoms with Gasteiger partial charge in [0.25, 0.3) is 0 Å². The number of halogens is 1. The lowest BCUT2D eigenvalue weighted by Gasteiger charge is -2.36. The number of nitrogens with one attached hydrogen (secondary N) is 1. The van der Waals surface area contributed by atoms with E-state index in [0.717, 1.165) is 0 Å². The van der Waals surface area contributed by atoms with Crippen molar-refractivity contribution in [2.75, 3.05) is 13.1 Å². The molecule has 0 unspecified atom stereocenters. The van der Waals surface area contributed by atoms with Gasteiger partial charge in [-0.05, 0) is 46.0 Å². The fraction of sp³-hybridized carbons (Fsp3) is 1.00. The summed E-state index contributed by atoms with van der Waals surface area (Å²) in [5.74, 6) is 0. The Labute approximate surface area is 203 Å². The van der Waals surface area contributed by atoms with Crippen LogP contribution in [-0.4, -0.2) is 18.6 Å². The molecular formula is C28H60BrN. The molecule has 0 saturated heterocycles. The van der Waals surface area contributed by atoms with Crippen molar-refractivity contribution in [3.05, 3.63) is 0 Å². The highest BCUT2D eigenvalue weighted by molar-refractivity contribution is 4.67. The standard InChI is InChI=1S/C28H59N.BrH/c1-6-9-12-15-18-19-22-25-28(4,5)29(26-23-20-16-13-10-7-2)27-24-21-17-14-11-8-3;/h6-27H2,1-5H3;1H. The number of quaternary nitrogens is 1. The minimum atomic E-state index is 0. The quantitative estimate of drug-likeness (QED) is 0.180. The Hall–Kier alpha value is 0.440. The molecule has 0 rings (SSSR count). The molecule has 0 aromatic carbocycles. The third kappa shape index (κ3) is 20.3. The van der Waals surface area contributed by atoms with E-state index in [-0.39, 0.29) is 17.0 Å². The molecule has 0 aliphatic rings. The Morgan fingerprint density at radius 3 is 1.10 bits per heavy atom. The van der Waals surface area contributed by atoms with E-state index in [1.165, 1.54) is 142 Å². The van der Waals surface area contributed by atoms with E-state index in [0.29, 0.717) is 5.54 Å². The molecule has 0 aliphatic heterocycles. The van der Waals surface area contributed by atoms with Gasteiger partial charge in [0.15, 0.2) is 0 Å². The third-order valence-corrected chi connectivity index (χ3v) is 7.03. The van der Waals surface area contributed by atoms with Crippen molar-refractivity contribution in [1.82, 2.24) is 0 Å². The zero-order chi connectivity index (χ0) is 21.6. The van der Waals surface area contributed by atoms with Crippen LogP contribution in [0.4, 0.5) is 0 Å². The summed E-state index contributed by atoms with van der Waals surface area (Å²) in [6.45, 7) is 14.9. The van der Waals surface area contributed by atoms with Gasteiger partial charge in [0.1, 0.15) is 0 Å². The van der Waals surface area contributed by atoms with E-state index in [4.69, 9.17) is 0 Å². The van der Waals surface area contributed by atoms with E-state index in [9.17, 15) is 0 Å². The topological polar surface area (TPSA) is 4.44 Å². The largest absolute Gasteiger partial charge is 1.00 e. The van der Waals surface area contributed by atoms with Gasteiger partial charge in [0, 0.05) is 6.42 Å². The van der Waals surface area contributed by atoms with Gasteiger partial charge >= 0.3 is 0 Å². The molecule has 0 saturated carbocycles. The van der Waals surface area contributed by atoms with Gasteiger partial charge in [-0.15, -0.1) is 0 Å². The molecule has 0 aromatic heterocycles. The van der Waals surface area contributed by atoms with E-state index in [2.05, 4.69) is 34.6 Å². The van der Waals surface area contributed by atoms with Crippen LogP contribution in [0.5, 0.6) is 0 Å². The molecule has 0 bridgehead atoms. The SMILES string of the molecule is CCCCCCCCCC(C)(C)[NH+](CCCCCCCC)CCCCCCCC.[Br-]. The van der Waals surface area contributed by atoms with E-state index in [1.54, 1.807) is 0 Å². The first-order valence-corrected chi connectivity index (χ1v) is 13.9. The predicted molar refractivity (Wildman–Crippen MR) is 134 cm³/mol. The van der Waals surface area contributed by atoms with Crippen LogP contribution in [0.3, 0.4) is 0 Å². The maximum absolute atomic E-state index is 2.56. The average molecular weight is 491 g/mol. The Kier molecular flexibility index (Phi) is 26.2. The van der Waals surface area contributed by atoms with Crippen LogP contribution in [-0.2, 0) is 0 Å². The Balaban J connectivity index is 0. The summed E-state index contributed by atoms with van der Waals surface area (Å²) in [5, 5.41) is 0. The number of unbranched alkanes of at least 4 members (excludes halogenated alkanes) is 16. The van der Waals surface area contributed by atoms with Gasteiger partial charge in [-0.25, -0.2) is 0 Å². The zero-order valence-electron chi connectivity index (χ0n) is 21.9. The van der Waals surface area contributed by atoms with Crippen LogP contribution >= 0.6 is 0 Å². The van der Waals surface area contributed by atoms with Gasteiger partial charge < -0.3 is 21.9 Å². The van der Waals surface area contributed by atoms with Crippen LogP contribution in [0, 0.1) is 0 Å². The summed E-state index contributed by atoms with van der Waals surface area (Å²) >= 11 is 0. The molecule has 0 fully saturated rings. The van der Waals surface area contributed by atoms with Crippen molar-refractivity contribution in [1.29, 1.82) is 0 Å². The molecule has 2 heteroatoms. The minimum Gasteiger partial charge on any atom is -1.00 e. The molecule has 0 atom stereocenters. The molecule has 184 valence electrons. The van der Waals surface area contributed by atoms with E-state index >= 15 is 0 Å². The fourth-order valence-electron chi connectivity index (χ4n) is 4.74. The van der Waals surface area contributed by atoms with E-state index in [1.807, 2.05) is 4.90 Å². The molecule has 30 heavy (non-hydrogen) atoms. The predicted octanol–water partition coefficient (Wildman–Crippen LogP) is 5.52. The molecule has 0 aliphatic carbocycles. The van der Waals surface area contributed by atoms with Gasteiger partial charge in [-0.3, -0.25) is 0 Å². The zero-order valence-corrected chi connectivity index (χ0v) is 23.5. The highest BCUT2D eigenvalue weighted by Crippen LogP contribution is 2.14. The van der Waals surface area contributed by atoms with Crippen molar-refractivity contribution in [3.8, 4) is 0 Å². The summed E-state index contributed by atoms with van der Waals surface area (Å²) in [5.41, 5.74) is 0.469. The molecular weight excluding hydrogens is 430 g/mol. The highest BCUT2D eigenvalue weighted by Gasteiger charge is 2.29. The molecule has 0 radical (unpaired) electrons. The number of hydrogen-bond acceptors (Lipinski definition) is 0. The summed E-state index contributed by atoms with van der Waals surface area (Å²) in [6.07, 6.45) is 28.6. The minimum absolute atomic E-state index is 0. The lowest BCUT2D eigenvalue weighted by molar-refractivity contribution is -0.949. The molecule has 1 nitrogen and oxygen atoms in total. The van der Waals surface area contributed by atoms with Gasteiger partial charge in [-0.1, -0.05) is 111 Å². The summed E-state index contributed by atoms with van der Waals surface area (Å²) in [6, 6.07) is 0. The van der Waals surface area contributed by atoms with Gasteiger partial charge in [-0.2, -0.15) is 0 Å². The van der Waals surface area contributed by atoms with Crippen molar-refractivity contribution in [2.24, 2.45) is 0 Å². The van der Waals surface area contributed by atoms with E-state index < -0.39 is 0 Å². The normalized spacial score (nSPS) is 11.8. The number of rotatable bonds is 23. The van der Waals surface area contributed by atoms with Crippen LogP contribution in [0.2, 0.25) is 0 Å². The summed E-state index contributed by atoms with van der Waals surface area (Å²) < 4.78 is 0. The van der Waals surface area contributed by atoms with Crippen molar-refractivity contribution in [3.63, 3.8) is 0 Å².